The molecular formula is C65H105ClF3N11O11. The summed E-state index contributed by atoms with van der Waals surface area (Å²) in [5.41, 5.74) is -1.46. The van der Waals surface area contributed by atoms with Gasteiger partial charge in [-0.05, 0) is 127 Å². The molecule has 22 nitrogen and oxygen atoms in total. The second-order valence-corrected chi connectivity index (χ2v) is 28.5. The molecule has 0 bridgehead atoms. The number of halogens is 4. The van der Waals surface area contributed by atoms with Crippen LogP contribution in [0.3, 0.4) is 0 Å². The number of alkyl halides is 4. The number of rotatable bonds is 8. The highest BCUT2D eigenvalue weighted by Gasteiger charge is 2.51. The van der Waals surface area contributed by atoms with Crippen molar-refractivity contribution in [1.29, 1.82) is 0 Å². The molecule has 0 radical (unpaired) electrons. The van der Waals surface area contributed by atoms with E-state index in [1.807, 2.05) is 6.92 Å². The number of nitrogens with one attached hydrogen (secondary N) is 4. The van der Waals surface area contributed by atoms with Crippen LogP contribution in [0.5, 0.6) is 0 Å². The number of hydrogen-bond acceptors (Lipinski definition) is 11. The highest BCUT2D eigenvalue weighted by molar-refractivity contribution is 6.20. The van der Waals surface area contributed by atoms with Gasteiger partial charge in [-0.15, -0.1) is 11.6 Å². The van der Waals surface area contributed by atoms with Gasteiger partial charge in [0, 0.05) is 66.7 Å². The summed E-state index contributed by atoms with van der Waals surface area (Å²) < 4.78 is 41.9. The Morgan fingerprint density at radius 3 is 1.79 bits per heavy atom. The van der Waals surface area contributed by atoms with Crippen molar-refractivity contribution in [2.45, 2.75) is 248 Å². The second-order valence-electron chi connectivity index (χ2n) is 28.0. The summed E-state index contributed by atoms with van der Waals surface area (Å²) in [6.45, 7) is 9.50. The van der Waals surface area contributed by atoms with Crippen LogP contribution in [-0.2, 0) is 52.7 Å². The molecule has 4 N–H and O–H groups in total. The van der Waals surface area contributed by atoms with Crippen LogP contribution in [0.15, 0.2) is 0 Å². The van der Waals surface area contributed by atoms with Gasteiger partial charge < -0.3 is 55.6 Å². The van der Waals surface area contributed by atoms with Crippen molar-refractivity contribution in [3.8, 4) is 0 Å². The summed E-state index contributed by atoms with van der Waals surface area (Å²) in [7, 11) is 8.66. The van der Waals surface area contributed by atoms with Crippen LogP contribution in [0.25, 0.3) is 0 Å². The van der Waals surface area contributed by atoms with Gasteiger partial charge in [0.05, 0.1) is 19.0 Å². The topological polar surface area (TPSA) is 259 Å². The molecule has 1 spiro atoms. The van der Waals surface area contributed by atoms with Crippen LogP contribution < -0.4 is 21.3 Å². The number of likely N-dealkylation sites (N-methyl/N-ethyl adjacent to an activating group) is 6. The van der Waals surface area contributed by atoms with E-state index in [0.29, 0.717) is 44.4 Å². The van der Waals surface area contributed by atoms with Crippen LogP contribution in [0.2, 0.25) is 0 Å². The molecule has 2 saturated heterocycles. The number of carbonyl (C=O) groups is 11. The van der Waals surface area contributed by atoms with E-state index < -0.39 is 155 Å². The van der Waals surface area contributed by atoms with Gasteiger partial charge in [0.15, 0.2) is 0 Å². The van der Waals surface area contributed by atoms with E-state index in [2.05, 4.69) is 28.2 Å². The molecule has 0 aromatic rings. The number of nitrogens with zero attached hydrogens (tertiary/aromatic N) is 7. The number of carbonyl (C=O) groups excluding carboxylic acids is 11. The Morgan fingerprint density at radius 1 is 0.593 bits per heavy atom. The van der Waals surface area contributed by atoms with Crippen molar-refractivity contribution >= 4 is 76.6 Å². The van der Waals surface area contributed by atoms with Crippen LogP contribution in [-0.4, -0.2) is 227 Å². The van der Waals surface area contributed by atoms with Crippen molar-refractivity contribution in [1.82, 2.24) is 55.6 Å². The Bertz CT molecular complexity index is 2620. The molecule has 3 unspecified atom stereocenters. The fourth-order valence-corrected chi connectivity index (χ4v) is 15.2. The average Bonchev–Trinajstić information content (AvgIpc) is 1.80. The first-order chi connectivity index (χ1) is 42.7. The van der Waals surface area contributed by atoms with E-state index >= 15 is 9.59 Å². The van der Waals surface area contributed by atoms with Crippen molar-refractivity contribution in [3.05, 3.63) is 0 Å². The monoisotopic (exact) mass is 1310 g/mol. The summed E-state index contributed by atoms with van der Waals surface area (Å²) in [4.78, 5) is 169. The molecule has 6 aliphatic rings. The molecule has 2 heterocycles. The molecule has 6 fully saturated rings. The van der Waals surface area contributed by atoms with Crippen LogP contribution >= 0.6 is 11.6 Å². The molecule has 6 rings (SSSR count). The van der Waals surface area contributed by atoms with Crippen molar-refractivity contribution in [2.24, 2.45) is 35.5 Å². The predicted molar refractivity (Wildman–Crippen MR) is 336 cm³/mol. The van der Waals surface area contributed by atoms with Crippen molar-refractivity contribution in [3.63, 3.8) is 0 Å². The third-order valence-electron chi connectivity index (χ3n) is 21.4. The van der Waals surface area contributed by atoms with Gasteiger partial charge in [0.1, 0.15) is 47.8 Å². The fraction of sp³-hybridized carbons (Fsp3) is 0.831. The quantitative estimate of drug-likeness (QED) is 0.225. The molecule has 4 saturated carbocycles. The zero-order chi connectivity index (χ0) is 67.6. The Morgan fingerprint density at radius 2 is 1.19 bits per heavy atom. The van der Waals surface area contributed by atoms with E-state index in [-0.39, 0.29) is 88.5 Å². The molecule has 2 aliphatic heterocycles. The smallest absolute Gasteiger partial charge is 0.351 e. The van der Waals surface area contributed by atoms with E-state index in [0.717, 1.165) is 48.3 Å². The maximum Gasteiger partial charge on any atom is 0.393 e. The number of fused-ring (bicyclic) bond motifs is 1. The van der Waals surface area contributed by atoms with Gasteiger partial charge in [-0.25, -0.2) is 0 Å². The van der Waals surface area contributed by atoms with Crippen LogP contribution in [0, 0.1) is 35.5 Å². The minimum absolute atomic E-state index is 0.0142. The summed E-state index contributed by atoms with van der Waals surface area (Å²) in [5.74, 6) is -8.74. The third-order valence-corrected chi connectivity index (χ3v) is 21.9. The van der Waals surface area contributed by atoms with Gasteiger partial charge in [0.25, 0.3) is 0 Å². The van der Waals surface area contributed by atoms with Gasteiger partial charge in [-0.3, -0.25) is 52.7 Å². The van der Waals surface area contributed by atoms with Gasteiger partial charge in [-0.2, -0.15) is 13.2 Å². The highest BCUT2D eigenvalue weighted by Crippen LogP contribution is 2.44. The van der Waals surface area contributed by atoms with Gasteiger partial charge >= 0.3 is 6.18 Å². The Balaban J connectivity index is 1.35. The average molecular weight is 1310 g/mol. The third kappa shape index (κ3) is 18.6. The molecule has 12 atom stereocenters. The summed E-state index contributed by atoms with van der Waals surface area (Å²) in [6.07, 6.45) is 4.60. The molecule has 4 aliphatic carbocycles. The molecule has 26 heteroatoms. The maximum atomic E-state index is 15.2. The first kappa shape index (κ1) is 74.3. The molecule has 514 valence electrons. The lowest BCUT2D eigenvalue weighted by Gasteiger charge is -2.40. The van der Waals surface area contributed by atoms with Crippen molar-refractivity contribution in [2.75, 3.05) is 61.9 Å². The molecule has 0 aromatic carbocycles. The lowest BCUT2D eigenvalue weighted by Crippen LogP contribution is -2.64. The minimum Gasteiger partial charge on any atom is -0.351 e. The number of amides is 11. The van der Waals surface area contributed by atoms with E-state index in [1.54, 1.807) is 20.9 Å². The van der Waals surface area contributed by atoms with Gasteiger partial charge in [-0.1, -0.05) is 78.6 Å². The summed E-state index contributed by atoms with van der Waals surface area (Å²) in [5, 5.41) is 10.5. The van der Waals surface area contributed by atoms with E-state index in [1.165, 1.54) is 73.6 Å². The normalized spacial score (nSPS) is 32.9. The van der Waals surface area contributed by atoms with E-state index in [4.69, 9.17) is 11.6 Å². The predicted octanol–water partition coefficient (Wildman–Crippen LogP) is 5.37. The van der Waals surface area contributed by atoms with Crippen LogP contribution in [0.4, 0.5) is 13.2 Å². The van der Waals surface area contributed by atoms with Crippen LogP contribution in [0.1, 0.15) is 183 Å². The highest BCUT2D eigenvalue weighted by atomic mass is 35.5. The Kier molecular flexibility index (Phi) is 26.4. The second kappa shape index (κ2) is 32.4. The maximum absolute atomic E-state index is 15.2. The lowest BCUT2D eigenvalue weighted by molar-refractivity contribution is -0.182. The summed E-state index contributed by atoms with van der Waals surface area (Å²) >= 11 is 6.39. The van der Waals surface area contributed by atoms with E-state index in [9.17, 15) is 56.3 Å². The fourth-order valence-electron chi connectivity index (χ4n) is 14.7. The lowest BCUT2D eigenvalue weighted by atomic mass is 9.78. The largest absolute Gasteiger partial charge is 0.393 e. The standard InChI is InChI=1S/C65H105ClF3N11O11/c1-13-39(3)54-62(90)75(8)36-52(82)74(7)37-53(83)78(11)50(35-44-24-22-38(2)23-25-44)61(89)77(10)42(6)56(84)71-48(29-27-43-26-28-46(47(66)34-43)65(67,68)69)60(88)80-32-18-21-49(80)58(86)73-64(30-16-17-31-64)63(91)79(12)55(45-19-14-15-20-45)59(87)70-40(4)33-51(81)76(9)41(5)57(85)72-54/h38-50,54-55H,13-37H2,1-12H3,(H,70,87)(H,71,84)(H,72,85)(H,73,86)/t38?,39-,40+,41-,42+,43?,44?,46?,47?,48-,49-,50-,54-,55-/m0/s1. The first-order valence-electron chi connectivity index (χ1n) is 33.5. The van der Waals surface area contributed by atoms with Gasteiger partial charge in [0.2, 0.25) is 65.0 Å². The molecule has 91 heavy (non-hydrogen) atoms. The zero-order valence-electron chi connectivity index (χ0n) is 56.0. The Labute approximate surface area is 541 Å². The molecular weight excluding hydrogens is 1200 g/mol. The minimum atomic E-state index is -4.49. The Hall–Kier alpha value is -5.75. The first-order valence-corrected chi connectivity index (χ1v) is 33.9. The SMILES string of the molecule is CC[C@H](C)[C@@H]1NC(=O)[C@H](C)N(C)C(=O)C[C@@H](C)NC(=O)[C@H](C2CCCC2)N(C)C(=O)C2(CCCC2)NC(=O)[C@@H]2CCCN2C(=O)[C@H](CCC2CCC(C(F)(F)F)C(Cl)C2)NC(=O)[C@@H](C)N(C)C(=O)[C@H](CC2CCC(C)CC2)N(C)C(=O)CN(C)C(=O)CN(C)C1=O. The number of hydrogen-bond donors (Lipinski definition) is 4. The molecule has 0 aromatic heterocycles. The molecule has 11 amide bonds. The zero-order valence-corrected chi connectivity index (χ0v) is 56.7. The summed E-state index contributed by atoms with van der Waals surface area (Å²) in [6, 6.07) is -8.77. The van der Waals surface area contributed by atoms with Crippen molar-refractivity contribution < 1.29 is 65.9 Å².